The van der Waals surface area contributed by atoms with Gasteiger partial charge in [0.2, 0.25) is 0 Å². The lowest BCUT2D eigenvalue weighted by Crippen LogP contribution is -2.48. The Bertz CT molecular complexity index is 596. The van der Waals surface area contributed by atoms with Crippen molar-refractivity contribution in [3.05, 3.63) is 29.6 Å². The van der Waals surface area contributed by atoms with E-state index < -0.39 is 12.4 Å². The number of halogens is 4. The van der Waals surface area contributed by atoms with E-state index in [4.69, 9.17) is 0 Å². The first-order valence-electron chi connectivity index (χ1n) is 8.95. The number of rotatable bonds is 7. The zero-order chi connectivity index (χ0) is 18.9. The van der Waals surface area contributed by atoms with Crippen LogP contribution in [0.4, 0.5) is 13.2 Å². The molecule has 0 amide bonds. The summed E-state index contributed by atoms with van der Waals surface area (Å²) < 4.78 is 43.4. The molecule has 0 atom stereocenters. The molecule has 1 aromatic carbocycles. The second-order valence-corrected chi connectivity index (χ2v) is 6.28. The van der Waals surface area contributed by atoms with E-state index in [-0.39, 0.29) is 47.9 Å². The van der Waals surface area contributed by atoms with Crippen LogP contribution in [0.1, 0.15) is 31.7 Å². The fourth-order valence-corrected chi connectivity index (χ4v) is 3.09. The monoisotopic (exact) mass is 500 g/mol. The summed E-state index contributed by atoms with van der Waals surface area (Å²) >= 11 is 0. The molecule has 0 aliphatic carbocycles. The number of hydrogen-bond donors (Lipinski definition) is 2. The molecule has 0 spiro atoms. The molecule has 154 valence electrons. The molecule has 0 radical (unpaired) electrons. The standard InChI is InChI=1S/C18H27F3N4O.HI/c1-3-9-25-10-7-13(8-11-25)24-18(22-2)23-12-14-15(19)5-4-6-16(14)26-17(20)21;/h4-6,13,17H,3,7-12H2,1-2H3,(H2,22,23,24);1H. The van der Waals surface area contributed by atoms with Crippen LogP contribution in [0.5, 0.6) is 5.75 Å². The van der Waals surface area contributed by atoms with E-state index in [1.54, 1.807) is 7.05 Å². The normalized spacial score (nSPS) is 16.1. The second kappa shape index (κ2) is 12.3. The van der Waals surface area contributed by atoms with Gasteiger partial charge in [0.25, 0.3) is 0 Å². The SMILES string of the molecule is CCCN1CCC(NC(=NC)NCc2c(F)cccc2OC(F)F)CC1.I. The topological polar surface area (TPSA) is 48.9 Å². The summed E-state index contributed by atoms with van der Waals surface area (Å²) in [7, 11) is 1.62. The van der Waals surface area contributed by atoms with Crippen molar-refractivity contribution in [3.63, 3.8) is 0 Å². The third kappa shape index (κ3) is 7.73. The van der Waals surface area contributed by atoms with Gasteiger partial charge in [0.1, 0.15) is 11.6 Å². The van der Waals surface area contributed by atoms with E-state index in [0.717, 1.165) is 38.9 Å². The maximum Gasteiger partial charge on any atom is 0.387 e. The Kier molecular flexibility index (Phi) is 10.8. The molecule has 27 heavy (non-hydrogen) atoms. The largest absolute Gasteiger partial charge is 0.434 e. The molecule has 1 aromatic rings. The Morgan fingerprint density at radius 1 is 1.33 bits per heavy atom. The average Bonchev–Trinajstić information content (AvgIpc) is 2.61. The average molecular weight is 500 g/mol. The van der Waals surface area contributed by atoms with Crippen molar-refractivity contribution in [2.45, 2.75) is 45.4 Å². The van der Waals surface area contributed by atoms with Crippen LogP contribution in [-0.4, -0.2) is 50.2 Å². The van der Waals surface area contributed by atoms with Gasteiger partial charge in [-0.15, -0.1) is 24.0 Å². The fourth-order valence-electron chi connectivity index (χ4n) is 3.09. The predicted octanol–water partition coefficient (Wildman–Crippen LogP) is 3.58. The first-order chi connectivity index (χ1) is 12.5. The number of hydrogen-bond acceptors (Lipinski definition) is 3. The molecule has 0 aromatic heterocycles. The Morgan fingerprint density at radius 2 is 2.04 bits per heavy atom. The van der Waals surface area contributed by atoms with Gasteiger partial charge in [0.05, 0.1) is 0 Å². The molecule has 1 aliphatic rings. The zero-order valence-electron chi connectivity index (χ0n) is 15.7. The van der Waals surface area contributed by atoms with Crippen molar-refractivity contribution in [2.24, 2.45) is 4.99 Å². The molecule has 2 rings (SSSR count). The van der Waals surface area contributed by atoms with E-state index in [1.807, 2.05) is 0 Å². The van der Waals surface area contributed by atoms with Gasteiger partial charge in [-0.3, -0.25) is 4.99 Å². The van der Waals surface area contributed by atoms with Crippen LogP contribution >= 0.6 is 24.0 Å². The van der Waals surface area contributed by atoms with Crippen molar-refractivity contribution in [3.8, 4) is 5.75 Å². The van der Waals surface area contributed by atoms with E-state index in [2.05, 4.69) is 32.2 Å². The maximum atomic E-state index is 14.0. The van der Waals surface area contributed by atoms with Crippen LogP contribution in [0.25, 0.3) is 0 Å². The van der Waals surface area contributed by atoms with Crippen molar-refractivity contribution >= 4 is 29.9 Å². The molecule has 0 saturated carbocycles. The number of ether oxygens (including phenoxy) is 1. The minimum absolute atomic E-state index is 0. The number of aliphatic imine (C=N–C) groups is 1. The molecular formula is C18H28F3IN4O. The fraction of sp³-hybridized carbons (Fsp3) is 0.611. The molecule has 1 saturated heterocycles. The van der Waals surface area contributed by atoms with Crippen LogP contribution in [0.2, 0.25) is 0 Å². The molecular weight excluding hydrogens is 472 g/mol. The molecule has 1 fully saturated rings. The van der Waals surface area contributed by atoms with E-state index in [0.29, 0.717) is 5.96 Å². The van der Waals surface area contributed by atoms with Crippen molar-refractivity contribution < 1.29 is 17.9 Å². The molecule has 0 bridgehead atoms. The summed E-state index contributed by atoms with van der Waals surface area (Å²) in [5, 5.41) is 6.30. The lowest BCUT2D eigenvalue weighted by Gasteiger charge is -2.32. The Hall–Kier alpha value is -1.23. The zero-order valence-corrected chi connectivity index (χ0v) is 18.0. The van der Waals surface area contributed by atoms with Crippen LogP contribution in [0.3, 0.4) is 0 Å². The molecule has 5 nitrogen and oxygen atoms in total. The van der Waals surface area contributed by atoms with E-state index >= 15 is 0 Å². The first kappa shape index (κ1) is 23.8. The highest BCUT2D eigenvalue weighted by Crippen LogP contribution is 2.23. The van der Waals surface area contributed by atoms with Crippen LogP contribution in [0, 0.1) is 5.82 Å². The highest BCUT2D eigenvalue weighted by Gasteiger charge is 2.20. The Balaban J connectivity index is 0.00000364. The summed E-state index contributed by atoms with van der Waals surface area (Å²) in [5.41, 5.74) is 0.0496. The van der Waals surface area contributed by atoms with Gasteiger partial charge in [-0.05, 0) is 37.9 Å². The number of nitrogens with zero attached hydrogens (tertiary/aromatic N) is 2. The number of benzene rings is 1. The van der Waals surface area contributed by atoms with E-state index in [9.17, 15) is 13.2 Å². The highest BCUT2D eigenvalue weighted by molar-refractivity contribution is 14.0. The third-order valence-corrected chi connectivity index (χ3v) is 4.42. The molecule has 9 heteroatoms. The summed E-state index contributed by atoms with van der Waals surface area (Å²) in [6.07, 6.45) is 3.15. The number of piperidine rings is 1. The quantitative estimate of drug-likeness (QED) is 0.342. The first-order valence-corrected chi connectivity index (χ1v) is 8.95. The molecule has 1 aliphatic heterocycles. The summed E-state index contributed by atoms with van der Waals surface area (Å²) in [4.78, 5) is 6.57. The summed E-state index contributed by atoms with van der Waals surface area (Å²) in [6.45, 7) is 2.35. The summed E-state index contributed by atoms with van der Waals surface area (Å²) in [6, 6.07) is 4.17. The van der Waals surface area contributed by atoms with Crippen LogP contribution in [0.15, 0.2) is 23.2 Å². The van der Waals surface area contributed by atoms with Gasteiger partial charge in [-0.1, -0.05) is 13.0 Å². The predicted molar refractivity (Wildman–Crippen MR) is 112 cm³/mol. The molecule has 0 unspecified atom stereocenters. The van der Waals surface area contributed by atoms with Gasteiger partial charge in [0.15, 0.2) is 5.96 Å². The lowest BCUT2D eigenvalue weighted by molar-refractivity contribution is -0.0506. The number of likely N-dealkylation sites (tertiary alicyclic amines) is 1. The highest BCUT2D eigenvalue weighted by atomic mass is 127. The van der Waals surface area contributed by atoms with Crippen molar-refractivity contribution in [1.29, 1.82) is 0 Å². The number of guanidine groups is 1. The lowest BCUT2D eigenvalue weighted by atomic mass is 10.1. The molecule has 2 N–H and O–H groups in total. The van der Waals surface area contributed by atoms with Gasteiger partial charge in [-0.25, -0.2) is 4.39 Å². The van der Waals surface area contributed by atoms with Gasteiger partial charge < -0.3 is 20.3 Å². The molecule has 1 heterocycles. The van der Waals surface area contributed by atoms with Crippen molar-refractivity contribution in [2.75, 3.05) is 26.7 Å². The smallest absolute Gasteiger partial charge is 0.387 e. The summed E-state index contributed by atoms with van der Waals surface area (Å²) in [5.74, 6) is -0.250. The Labute approximate surface area is 175 Å². The van der Waals surface area contributed by atoms with E-state index in [1.165, 1.54) is 18.2 Å². The number of nitrogens with one attached hydrogen (secondary N) is 2. The van der Waals surface area contributed by atoms with Gasteiger partial charge in [-0.2, -0.15) is 8.78 Å². The minimum Gasteiger partial charge on any atom is -0.434 e. The van der Waals surface area contributed by atoms with Crippen LogP contribution in [-0.2, 0) is 6.54 Å². The van der Waals surface area contributed by atoms with Gasteiger partial charge >= 0.3 is 6.61 Å². The second-order valence-electron chi connectivity index (χ2n) is 6.28. The van der Waals surface area contributed by atoms with Crippen molar-refractivity contribution in [1.82, 2.24) is 15.5 Å². The number of alkyl halides is 2. The maximum absolute atomic E-state index is 14.0. The van der Waals surface area contributed by atoms with Crippen LogP contribution < -0.4 is 15.4 Å². The Morgan fingerprint density at radius 3 is 2.63 bits per heavy atom. The van der Waals surface area contributed by atoms with Gasteiger partial charge in [0, 0.05) is 38.3 Å². The third-order valence-electron chi connectivity index (χ3n) is 4.42. The minimum atomic E-state index is -3.00.